The number of thiophene rings is 1. The van der Waals surface area contributed by atoms with Gasteiger partial charge < -0.3 is 9.31 Å². The molecule has 0 spiro atoms. The van der Waals surface area contributed by atoms with Crippen LogP contribution < -0.4 is 4.78 Å². The van der Waals surface area contributed by atoms with Crippen molar-refractivity contribution in [2.75, 3.05) is 0 Å². The summed E-state index contributed by atoms with van der Waals surface area (Å²) < 4.78 is 26.1. The van der Waals surface area contributed by atoms with Gasteiger partial charge in [-0.05, 0) is 51.5 Å². The molecular formula is C16H18BFO2S. The van der Waals surface area contributed by atoms with Crippen molar-refractivity contribution >= 4 is 23.2 Å². The average Bonchev–Trinajstić information content (AvgIpc) is 2.94. The lowest BCUT2D eigenvalue weighted by molar-refractivity contribution is 0.00578. The predicted molar refractivity (Wildman–Crippen MR) is 85.4 cm³/mol. The summed E-state index contributed by atoms with van der Waals surface area (Å²) in [6.07, 6.45) is 0. The SMILES string of the molecule is CC1(C)OB(c2ccc(-c3ccc(F)cc3)s2)OC1(C)C. The Hall–Kier alpha value is -1.17. The Labute approximate surface area is 129 Å². The van der Waals surface area contributed by atoms with Crippen LogP contribution in [0.3, 0.4) is 0 Å². The van der Waals surface area contributed by atoms with Crippen molar-refractivity contribution in [3.8, 4) is 10.4 Å². The molecule has 0 unspecified atom stereocenters. The first-order chi connectivity index (χ1) is 9.78. The van der Waals surface area contributed by atoms with Gasteiger partial charge in [0.25, 0.3) is 0 Å². The monoisotopic (exact) mass is 304 g/mol. The van der Waals surface area contributed by atoms with Crippen molar-refractivity contribution in [3.05, 3.63) is 42.2 Å². The molecule has 2 aromatic rings. The minimum atomic E-state index is -0.339. The number of hydrogen-bond donors (Lipinski definition) is 0. The second kappa shape index (κ2) is 4.94. The van der Waals surface area contributed by atoms with E-state index < -0.39 is 0 Å². The lowest BCUT2D eigenvalue weighted by Crippen LogP contribution is -2.41. The van der Waals surface area contributed by atoms with Gasteiger partial charge in [-0.15, -0.1) is 11.3 Å². The van der Waals surface area contributed by atoms with E-state index in [1.54, 1.807) is 23.5 Å². The van der Waals surface area contributed by atoms with E-state index in [0.29, 0.717) is 0 Å². The molecule has 0 amide bonds. The van der Waals surface area contributed by atoms with Crippen LogP contribution in [0.4, 0.5) is 4.39 Å². The molecular weight excluding hydrogens is 286 g/mol. The third-order valence-corrected chi connectivity index (χ3v) is 5.40. The molecule has 0 aliphatic carbocycles. The number of hydrogen-bond acceptors (Lipinski definition) is 3. The molecule has 0 atom stereocenters. The van der Waals surface area contributed by atoms with E-state index in [2.05, 4.69) is 0 Å². The molecule has 1 aliphatic rings. The highest BCUT2D eigenvalue weighted by Crippen LogP contribution is 2.37. The van der Waals surface area contributed by atoms with E-state index >= 15 is 0 Å². The van der Waals surface area contributed by atoms with Crippen LogP contribution in [-0.4, -0.2) is 18.3 Å². The first kappa shape index (κ1) is 14.8. The van der Waals surface area contributed by atoms with Gasteiger partial charge in [0.05, 0.1) is 11.2 Å². The van der Waals surface area contributed by atoms with Gasteiger partial charge in [-0.25, -0.2) is 4.39 Å². The first-order valence-corrected chi connectivity index (χ1v) is 7.81. The van der Waals surface area contributed by atoms with Crippen LogP contribution in [-0.2, 0) is 9.31 Å². The molecule has 2 heterocycles. The highest BCUT2D eigenvalue weighted by Gasteiger charge is 2.52. The van der Waals surface area contributed by atoms with Gasteiger partial charge >= 0.3 is 7.12 Å². The first-order valence-electron chi connectivity index (χ1n) is 7.00. The predicted octanol–water partition coefficient (Wildman–Crippen LogP) is 3.85. The quantitative estimate of drug-likeness (QED) is 0.785. The Kier molecular flexibility index (Phi) is 3.47. The second-order valence-corrected chi connectivity index (χ2v) is 7.41. The second-order valence-electron chi connectivity index (χ2n) is 6.30. The summed E-state index contributed by atoms with van der Waals surface area (Å²) in [5, 5.41) is 0. The van der Waals surface area contributed by atoms with Crippen LogP contribution in [0.15, 0.2) is 36.4 Å². The van der Waals surface area contributed by atoms with Crippen molar-refractivity contribution in [3.63, 3.8) is 0 Å². The maximum absolute atomic E-state index is 13.0. The molecule has 1 aromatic heterocycles. The molecule has 0 saturated carbocycles. The Balaban J connectivity index is 1.85. The largest absolute Gasteiger partial charge is 0.505 e. The van der Waals surface area contributed by atoms with Gasteiger partial charge in [0, 0.05) is 9.65 Å². The van der Waals surface area contributed by atoms with E-state index in [1.165, 1.54) is 12.1 Å². The molecule has 1 aliphatic heterocycles. The van der Waals surface area contributed by atoms with Crippen LogP contribution in [0.25, 0.3) is 10.4 Å². The van der Waals surface area contributed by atoms with Crippen LogP contribution in [0.2, 0.25) is 0 Å². The van der Waals surface area contributed by atoms with Crippen LogP contribution in [0.5, 0.6) is 0 Å². The Morgan fingerprint density at radius 2 is 1.48 bits per heavy atom. The smallest absolute Gasteiger partial charge is 0.399 e. The van der Waals surface area contributed by atoms with Gasteiger partial charge in [0.15, 0.2) is 0 Å². The zero-order valence-corrected chi connectivity index (χ0v) is 13.5. The van der Waals surface area contributed by atoms with Crippen LogP contribution in [0, 0.1) is 5.82 Å². The number of benzene rings is 1. The highest BCUT2D eigenvalue weighted by molar-refractivity contribution is 7.25. The summed E-state index contributed by atoms with van der Waals surface area (Å²) in [5.74, 6) is -0.221. The van der Waals surface area contributed by atoms with Gasteiger partial charge in [0.2, 0.25) is 0 Å². The van der Waals surface area contributed by atoms with E-state index in [0.717, 1.165) is 15.2 Å². The normalized spacial score (nSPS) is 20.0. The Morgan fingerprint density at radius 1 is 0.905 bits per heavy atom. The lowest BCUT2D eigenvalue weighted by atomic mass is 9.88. The zero-order valence-electron chi connectivity index (χ0n) is 12.6. The third kappa shape index (κ3) is 2.66. The number of halogens is 1. The summed E-state index contributed by atoms with van der Waals surface area (Å²) in [7, 11) is -0.339. The fraction of sp³-hybridized carbons (Fsp3) is 0.375. The van der Waals surface area contributed by atoms with Gasteiger partial charge in [-0.1, -0.05) is 18.2 Å². The summed E-state index contributed by atoms with van der Waals surface area (Å²) in [5.41, 5.74) is 0.333. The molecule has 5 heteroatoms. The fourth-order valence-electron chi connectivity index (χ4n) is 2.21. The molecule has 0 bridgehead atoms. The summed E-state index contributed by atoms with van der Waals surface area (Å²) in [6, 6.07) is 10.6. The average molecular weight is 304 g/mol. The van der Waals surface area contributed by atoms with Crippen molar-refractivity contribution in [1.29, 1.82) is 0 Å². The standard InChI is InChI=1S/C16H18BFO2S/c1-15(2)16(3,4)20-17(19-15)14-10-9-13(21-14)11-5-7-12(18)8-6-11/h5-10H,1-4H3. The maximum Gasteiger partial charge on any atom is 0.505 e. The fourth-order valence-corrected chi connectivity index (χ4v) is 3.18. The topological polar surface area (TPSA) is 18.5 Å². The molecule has 0 N–H and O–H groups in total. The summed E-state index contributed by atoms with van der Waals surface area (Å²) in [4.78, 5) is 1.08. The molecule has 21 heavy (non-hydrogen) atoms. The molecule has 110 valence electrons. The molecule has 1 saturated heterocycles. The van der Waals surface area contributed by atoms with Gasteiger partial charge in [-0.3, -0.25) is 0 Å². The van der Waals surface area contributed by atoms with Crippen molar-refractivity contribution in [2.45, 2.75) is 38.9 Å². The summed E-state index contributed by atoms with van der Waals surface area (Å²) in [6.45, 7) is 8.17. The van der Waals surface area contributed by atoms with Crippen molar-refractivity contribution < 1.29 is 13.7 Å². The molecule has 0 radical (unpaired) electrons. The third-order valence-electron chi connectivity index (χ3n) is 4.24. The maximum atomic E-state index is 13.0. The minimum absolute atomic E-state index is 0.221. The molecule has 3 rings (SSSR count). The minimum Gasteiger partial charge on any atom is -0.399 e. The lowest BCUT2D eigenvalue weighted by Gasteiger charge is -2.32. The van der Waals surface area contributed by atoms with Gasteiger partial charge in [0.1, 0.15) is 5.82 Å². The van der Waals surface area contributed by atoms with E-state index in [4.69, 9.17) is 9.31 Å². The van der Waals surface area contributed by atoms with Crippen molar-refractivity contribution in [1.82, 2.24) is 0 Å². The van der Waals surface area contributed by atoms with E-state index in [-0.39, 0.29) is 24.1 Å². The van der Waals surface area contributed by atoms with Crippen molar-refractivity contribution in [2.24, 2.45) is 0 Å². The molecule has 2 nitrogen and oxygen atoms in total. The summed E-state index contributed by atoms with van der Waals surface area (Å²) >= 11 is 1.62. The van der Waals surface area contributed by atoms with E-state index in [9.17, 15) is 4.39 Å². The van der Waals surface area contributed by atoms with Gasteiger partial charge in [-0.2, -0.15) is 0 Å². The Bertz CT molecular complexity index is 633. The Morgan fingerprint density at radius 3 is 2.05 bits per heavy atom. The number of rotatable bonds is 2. The molecule has 1 fully saturated rings. The highest BCUT2D eigenvalue weighted by atomic mass is 32.1. The van der Waals surface area contributed by atoms with Crippen LogP contribution in [0.1, 0.15) is 27.7 Å². The van der Waals surface area contributed by atoms with Crippen LogP contribution >= 0.6 is 11.3 Å². The van der Waals surface area contributed by atoms with E-state index in [1.807, 2.05) is 39.8 Å². The zero-order chi connectivity index (χ0) is 15.3. The molecule has 1 aromatic carbocycles.